The number of carbonyl (C=O) groups is 1. The van der Waals surface area contributed by atoms with Gasteiger partial charge in [-0.3, -0.25) is 4.79 Å². The molecule has 4 rings (SSSR count). The van der Waals surface area contributed by atoms with E-state index in [9.17, 15) is 9.18 Å². The molecule has 0 radical (unpaired) electrons. The van der Waals surface area contributed by atoms with Crippen molar-refractivity contribution in [3.05, 3.63) is 47.9 Å². The summed E-state index contributed by atoms with van der Waals surface area (Å²) in [5.41, 5.74) is 1.52. The van der Waals surface area contributed by atoms with E-state index in [1.54, 1.807) is 23.5 Å². The predicted octanol–water partition coefficient (Wildman–Crippen LogP) is 3.27. The highest BCUT2D eigenvalue weighted by Crippen LogP contribution is 2.29. The summed E-state index contributed by atoms with van der Waals surface area (Å²) in [7, 11) is 0. The highest BCUT2D eigenvalue weighted by atomic mass is 32.2. The SMILES string of the molecule is O=C(CSc1ncnc2ccsc12)N1CCN(c2ccccc2F)CC1. The Bertz CT molecular complexity index is 924. The van der Waals surface area contributed by atoms with E-state index in [1.165, 1.54) is 24.2 Å². The highest BCUT2D eigenvalue weighted by molar-refractivity contribution is 8.00. The standard InChI is InChI=1S/C18H17FN4OS2/c19-13-3-1-2-4-15(13)22-6-8-23(9-7-22)16(24)11-26-18-17-14(5-10-25-17)20-12-21-18/h1-5,10,12H,6-9,11H2. The minimum atomic E-state index is -0.216. The van der Waals surface area contributed by atoms with Gasteiger partial charge in [0.05, 0.1) is 21.7 Å². The lowest BCUT2D eigenvalue weighted by atomic mass is 10.2. The first-order valence-electron chi connectivity index (χ1n) is 8.30. The average molecular weight is 388 g/mol. The van der Waals surface area contributed by atoms with Gasteiger partial charge in [0, 0.05) is 26.2 Å². The molecule has 1 aromatic carbocycles. The molecule has 0 saturated carbocycles. The number of piperazine rings is 1. The minimum Gasteiger partial charge on any atom is -0.366 e. The van der Waals surface area contributed by atoms with Crippen LogP contribution in [0.15, 0.2) is 47.1 Å². The molecule has 1 aliphatic rings. The molecule has 134 valence electrons. The van der Waals surface area contributed by atoms with Gasteiger partial charge in [0.2, 0.25) is 5.91 Å². The summed E-state index contributed by atoms with van der Waals surface area (Å²) >= 11 is 3.04. The monoisotopic (exact) mass is 388 g/mol. The summed E-state index contributed by atoms with van der Waals surface area (Å²) in [6, 6.07) is 8.73. The van der Waals surface area contributed by atoms with E-state index in [0.717, 1.165) is 15.2 Å². The van der Waals surface area contributed by atoms with Gasteiger partial charge in [0.1, 0.15) is 17.2 Å². The number of halogens is 1. The number of para-hydroxylation sites is 1. The fourth-order valence-corrected chi connectivity index (χ4v) is 4.84. The number of nitrogens with zero attached hydrogens (tertiary/aromatic N) is 4. The van der Waals surface area contributed by atoms with Crippen LogP contribution in [0.2, 0.25) is 0 Å². The summed E-state index contributed by atoms with van der Waals surface area (Å²) in [6.45, 7) is 2.48. The second-order valence-electron chi connectivity index (χ2n) is 5.92. The number of benzene rings is 1. The molecule has 0 atom stereocenters. The molecule has 0 N–H and O–H groups in total. The van der Waals surface area contributed by atoms with E-state index < -0.39 is 0 Å². The normalized spacial score (nSPS) is 14.8. The lowest BCUT2D eigenvalue weighted by molar-refractivity contribution is -0.128. The van der Waals surface area contributed by atoms with Gasteiger partial charge < -0.3 is 9.80 Å². The van der Waals surface area contributed by atoms with Crippen molar-refractivity contribution in [3.63, 3.8) is 0 Å². The Labute approximate surface area is 158 Å². The van der Waals surface area contributed by atoms with Gasteiger partial charge in [-0.05, 0) is 23.6 Å². The number of hydrogen-bond acceptors (Lipinski definition) is 6. The molecule has 1 amide bonds. The third-order valence-corrected chi connectivity index (χ3v) is 6.38. The number of thiophene rings is 1. The molecule has 0 unspecified atom stereocenters. The molecule has 5 nitrogen and oxygen atoms in total. The van der Waals surface area contributed by atoms with Crippen LogP contribution in [0.5, 0.6) is 0 Å². The molecule has 1 saturated heterocycles. The molecule has 0 aliphatic carbocycles. The van der Waals surface area contributed by atoms with E-state index in [4.69, 9.17) is 0 Å². The first-order valence-corrected chi connectivity index (χ1v) is 10.2. The number of rotatable bonds is 4. The Hall–Kier alpha value is -2.19. The Balaban J connectivity index is 1.34. The Kier molecular flexibility index (Phi) is 5.03. The van der Waals surface area contributed by atoms with Gasteiger partial charge >= 0.3 is 0 Å². The van der Waals surface area contributed by atoms with Crippen LogP contribution in [0.4, 0.5) is 10.1 Å². The minimum absolute atomic E-state index is 0.0894. The van der Waals surface area contributed by atoms with Crippen molar-refractivity contribution in [1.29, 1.82) is 0 Å². The van der Waals surface area contributed by atoms with Crippen molar-refractivity contribution < 1.29 is 9.18 Å². The van der Waals surface area contributed by atoms with Gasteiger partial charge in [0.15, 0.2) is 0 Å². The van der Waals surface area contributed by atoms with Gasteiger partial charge in [-0.15, -0.1) is 11.3 Å². The van der Waals surface area contributed by atoms with Crippen LogP contribution >= 0.6 is 23.1 Å². The molecule has 3 heterocycles. The zero-order valence-corrected chi connectivity index (χ0v) is 15.6. The van der Waals surface area contributed by atoms with Crippen molar-refractivity contribution >= 4 is 44.9 Å². The number of amides is 1. The molecule has 3 aromatic rings. The molecule has 0 spiro atoms. The summed E-state index contributed by atoms with van der Waals surface area (Å²) in [6.07, 6.45) is 1.54. The number of aromatic nitrogens is 2. The third-order valence-electron chi connectivity index (χ3n) is 4.37. The average Bonchev–Trinajstić information content (AvgIpc) is 3.16. The molecule has 1 fully saturated rings. The second-order valence-corrected chi connectivity index (χ2v) is 7.80. The molecular formula is C18H17FN4OS2. The quantitative estimate of drug-likeness (QED) is 0.507. The maximum atomic E-state index is 13.9. The van der Waals surface area contributed by atoms with Crippen LogP contribution < -0.4 is 4.90 Å². The lowest BCUT2D eigenvalue weighted by Gasteiger charge is -2.36. The van der Waals surface area contributed by atoms with Crippen molar-refractivity contribution in [1.82, 2.24) is 14.9 Å². The van der Waals surface area contributed by atoms with Crippen LogP contribution in [0.25, 0.3) is 10.2 Å². The Morgan fingerprint density at radius 3 is 2.77 bits per heavy atom. The third kappa shape index (κ3) is 3.52. The maximum Gasteiger partial charge on any atom is 0.233 e. The molecule has 2 aromatic heterocycles. The number of fused-ring (bicyclic) bond motifs is 1. The van der Waals surface area contributed by atoms with Crippen molar-refractivity contribution in [2.24, 2.45) is 0 Å². The topological polar surface area (TPSA) is 49.3 Å². The van der Waals surface area contributed by atoms with Gasteiger partial charge in [0.25, 0.3) is 0 Å². The van der Waals surface area contributed by atoms with Gasteiger partial charge in [-0.1, -0.05) is 23.9 Å². The predicted molar refractivity (Wildman–Crippen MR) is 103 cm³/mol. The van der Waals surface area contributed by atoms with Crippen LogP contribution in [0, 0.1) is 5.82 Å². The van der Waals surface area contributed by atoms with Crippen molar-refractivity contribution in [2.75, 3.05) is 36.8 Å². The van der Waals surface area contributed by atoms with E-state index in [1.807, 2.05) is 27.3 Å². The fraction of sp³-hybridized carbons (Fsp3) is 0.278. The van der Waals surface area contributed by atoms with Crippen LogP contribution in [-0.2, 0) is 4.79 Å². The first kappa shape index (κ1) is 17.2. The fourth-order valence-electron chi connectivity index (χ4n) is 3.00. The first-order chi connectivity index (χ1) is 12.7. The molecule has 1 aliphatic heterocycles. The largest absolute Gasteiger partial charge is 0.366 e. The number of thioether (sulfide) groups is 1. The van der Waals surface area contributed by atoms with E-state index in [-0.39, 0.29) is 11.7 Å². The van der Waals surface area contributed by atoms with Crippen LogP contribution in [-0.4, -0.2) is 52.7 Å². The summed E-state index contributed by atoms with van der Waals surface area (Å²) in [5.74, 6) is 0.224. The summed E-state index contributed by atoms with van der Waals surface area (Å²) < 4.78 is 14.9. The number of anilines is 1. The second kappa shape index (κ2) is 7.59. The molecule has 0 bridgehead atoms. The maximum absolute atomic E-state index is 13.9. The van der Waals surface area contributed by atoms with Crippen molar-refractivity contribution in [2.45, 2.75) is 5.03 Å². The van der Waals surface area contributed by atoms with Crippen LogP contribution in [0.1, 0.15) is 0 Å². The van der Waals surface area contributed by atoms with E-state index >= 15 is 0 Å². The summed E-state index contributed by atoms with van der Waals surface area (Å²) in [5, 5.41) is 2.83. The Morgan fingerprint density at radius 1 is 1.15 bits per heavy atom. The smallest absolute Gasteiger partial charge is 0.233 e. The molecular weight excluding hydrogens is 371 g/mol. The van der Waals surface area contributed by atoms with Gasteiger partial charge in [-0.25, -0.2) is 14.4 Å². The molecule has 8 heteroatoms. The zero-order chi connectivity index (χ0) is 17.9. The van der Waals surface area contributed by atoms with Crippen LogP contribution in [0.3, 0.4) is 0 Å². The van der Waals surface area contributed by atoms with Crippen molar-refractivity contribution in [3.8, 4) is 0 Å². The summed E-state index contributed by atoms with van der Waals surface area (Å²) in [4.78, 5) is 24.9. The lowest BCUT2D eigenvalue weighted by Crippen LogP contribution is -2.49. The highest BCUT2D eigenvalue weighted by Gasteiger charge is 2.23. The number of hydrogen-bond donors (Lipinski definition) is 0. The van der Waals surface area contributed by atoms with E-state index in [2.05, 4.69) is 9.97 Å². The molecule has 26 heavy (non-hydrogen) atoms. The van der Waals surface area contributed by atoms with Gasteiger partial charge in [-0.2, -0.15) is 0 Å². The van der Waals surface area contributed by atoms with E-state index in [0.29, 0.717) is 37.6 Å². The Morgan fingerprint density at radius 2 is 1.96 bits per heavy atom. The zero-order valence-electron chi connectivity index (χ0n) is 14.0. The number of carbonyl (C=O) groups excluding carboxylic acids is 1.